The molecule has 0 fully saturated rings. The lowest BCUT2D eigenvalue weighted by Gasteiger charge is -2.09. The van der Waals surface area contributed by atoms with Crippen LogP contribution in [0, 0.1) is 0 Å². The van der Waals surface area contributed by atoms with E-state index in [2.05, 4.69) is 10.3 Å². The zero-order valence-electron chi connectivity index (χ0n) is 14.5. The van der Waals surface area contributed by atoms with Gasteiger partial charge in [-0.2, -0.15) is 0 Å². The van der Waals surface area contributed by atoms with E-state index in [1.54, 1.807) is 31.4 Å². The number of carbonyl (C=O) groups excluding carboxylic acids is 1. The molecular weight excluding hydrogens is 362 g/mol. The Morgan fingerprint density at radius 1 is 1.07 bits per heavy atom. The number of imidazole rings is 1. The molecule has 0 aliphatic rings. The van der Waals surface area contributed by atoms with Crippen molar-refractivity contribution < 1.29 is 9.53 Å². The molecule has 0 aliphatic heterocycles. The van der Waals surface area contributed by atoms with Gasteiger partial charge in [-0.3, -0.25) is 9.20 Å². The molecule has 0 spiro atoms. The van der Waals surface area contributed by atoms with Crippen molar-refractivity contribution in [3.8, 4) is 17.0 Å². The van der Waals surface area contributed by atoms with Crippen molar-refractivity contribution in [2.75, 3.05) is 12.4 Å². The maximum absolute atomic E-state index is 12.8. The number of benzene rings is 2. The summed E-state index contributed by atoms with van der Waals surface area (Å²) in [4.78, 5) is 17.5. The number of halogens is 1. The third kappa shape index (κ3) is 3.37. The number of nitrogens with one attached hydrogen (secondary N) is 1. The van der Waals surface area contributed by atoms with E-state index < -0.39 is 0 Å². The van der Waals surface area contributed by atoms with Crippen LogP contribution in [0.15, 0.2) is 72.9 Å². The molecule has 27 heavy (non-hydrogen) atoms. The van der Waals surface area contributed by atoms with E-state index in [1.807, 2.05) is 53.1 Å². The third-order valence-corrected chi connectivity index (χ3v) is 4.43. The molecule has 0 atom stereocenters. The number of rotatable bonds is 4. The number of amides is 1. The first-order valence-electron chi connectivity index (χ1n) is 8.34. The predicted molar refractivity (Wildman–Crippen MR) is 107 cm³/mol. The number of aromatic nitrogens is 2. The van der Waals surface area contributed by atoms with Gasteiger partial charge in [-0.1, -0.05) is 35.9 Å². The quantitative estimate of drug-likeness (QED) is 0.549. The van der Waals surface area contributed by atoms with Crippen LogP contribution in [0.5, 0.6) is 5.75 Å². The zero-order chi connectivity index (χ0) is 18.8. The van der Waals surface area contributed by atoms with Gasteiger partial charge < -0.3 is 10.1 Å². The SMILES string of the molecule is COc1cccc(-c2nc3ccccn3c2NC(=O)c2cccc(Cl)c2)c1. The van der Waals surface area contributed by atoms with Crippen molar-refractivity contribution >= 4 is 29.0 Å². The Hall–Kier alpha value is -3.31. The van der Waals surface area contributed by atoms with Gasteiger partial charge in [0.05, 0.1) is 7.11 Å². The number of methoxy groups -OCH3 is 1. The first kappa shape index (κ1) is 17.1. The predicted octanol–water partition coefficient (Wildman–Crippen LogP) is 4.92. The first-order chi connectivity index (χ1) is 13.2. The molecule has 6 heteroatoms. The van der Waals surface area contributed by atoms with Crippen LogP contribution < -0.4 is 10.1 Å². The summed E-state index contributed by atoms with van der Waals surface area (Å²) in [5.41, 5.74) is 2.72. The van der Waals surface area contributed by atoms with Crippen LogP contribution in [0.3, 0.4) is 0 Å². The molecule has 0 aliphatic carbocycles. The Bertz CT molecular complexity index is 1140. The average Bonchev–Trinajstić information content (AvgIpc) is 3.06. The second kappa shape index (κ2) is 7.13. The molecule has 0 bridgehead atoms. The molecule has 1 N–H and O–H groups in total. The van der Waals surface area contributed by atoms with E-state index in [0.29, 0.717) is 22.1 Å². The van der Waals surface area contributed by atoms with Gasteiger partial charge in [-0.25, -0.2) is 4.98 Å². The standard InChI is InChI=1S/C21H16ClN3O2/c1-27-17-9-5-6-14(13-17)19-20(25-11-3-2-10-18(25)23-19)24-21(26)15-7-4-8-16(22)12-15/h2-13H,1H3,(H,24,26). The van der Waals surface area contributed by atoms with Crippen molar-refractivity contribution in [1.82, 2.24) is 9.38 Å². The summed E-state index contributed by atoms with van der Waals surface area (Å²) in [6.07, 6.45) is 1.86. The lowest BCUT2D eigenvalue weighted by atomic mass is 10.1. The maximum Gasteiger partial charge on any atom is 0.256 e. The molecule has 4 aromatic rings. The molecule has 2 aromatic carbocycles. The Morgan fingerprint density at radius 3 is 2.74 bits per heavy atom. The lowest BCUT2D eigenvalue weighted by molar-refractivity contribution is 0.102. The Labute approximate surface area is 161 Å². The normalized spacial score (nSPS) is 10.7. The molecule has 1 amide bonds. The number of nitrogens with zero attached hydrogens (tertiary/aromatic N) is 2. The van der Waals surface area contributed by atoms with Crippen molar-refractivity contribution in [1.29, 1.82) is 0 Å². The highest BCUT2D eigenvalue weighted by Gasteiger charge is 2.17. The molecule has 5 nitrogen and oxygen atoms in total. The third-order valence-electron chi connectivity index (χ3n) is 4.19. The van der Waals surface area contributed by atoms with Gasteiger partial charge in [0.2, 0.25) is 0 Å². The van der Waals surface area contributed by atoms with Gasteiger partial charge in [0.25, 0.3) is 5.91 Å². The smallest absolute Gasteiger partial charge is 0.256 e. The van der Waals surface area contributed by atoms with E-state index in [-0.39, 0.29) is 5.91 Å². The van der Waals surface area contributed by atoms with Crippen molar-refractivity contribution in [3.63, 3.8) is 0 Å². The van der Waals surface area contributed by atoms with Gasteiger partial charge in [0.15, 0.2) is 0 Å². The molecule has 134 valence electrons. The van der Waals surface area contributed by atoms with E-state index in [1.165, 1.54) is 0 Å². The van der Waals surface area contributed by atoms with E-state index in [4.69, 9.17) is 16.3 Å². The molecular formula is C21H16ClN3O2. The fraction of sp³-hybridized carbons (Fsp3) is 0.0476. The Morgan fingerprint density at radius 2 is 1.93 bits per heavy atom. The summed E-state index contributed by atoms with van der Waals surface area (Å²) in [5, 5.41) is 3.48. The van der Waals surface area contributed by atoms with Crippen LogP contribution in [-0.2, 0) is 0 Å². The van der Waals surface area contributed by atoms with Crippen molar-refractivity contribution in [2.45, 2.75) is 0 Å². The van der Waals surface area contributed by atoms with E-state index in [9.17, 15) is 4.79 Å². The second-order valence-corrected chi connectivity index (χ2v) is 6.37. The number of carbonyl (C=O) groups is 1. The minimum absolute atomic E-state index is 0.257. The minimum atomic E-state index is -0.257. The summed E-state index contributed by atoms with van der Waals surface area (Å²) in [6.45, 7) is 0. The number of hydrogen-bond donors (Lipinski definition) is 1. The number of hydrogen-bond acceptors (Lipinski definition) is 3. The van der Waals surface area contributed by atoms with Crippen LogP contribution in [0.1, 0.15) is 10.4 Å². The van der Waals surface area contributed by atoms with Gasteiger partial charge in [-0.05, 0) is 42.5 Å². The summed E-state index contributed by atoms with van der Waals surface area (Å²) < 4.78 is 7.16. The monoisotopic (exact) mass is 377 g/mol. The summed E-state index contributed by atoms with van der Waals surface area (Å²) in [7, 11) is 1.62. The Balaban J connectivity index is 1.82. The summed E-state index contributed by atoms with van der Waals surface area (Å²) >= 11 is 6.01. The topological polar surface area (TPSA) is 55.6 Å². The molecule has 0 saturated heterocycles. The minimum Gasteiger partial charge on any atom is -0.497 e. The highest BCUT2D eigenvalue weighted by atomic mass is 35.5. The highest BCUT2D eigenvalue weighted by molar-refractivity contribution is 6.31. The largest absolute Gasteiger partial charge is 0.497 e. The van der Waals surface area contributed by atoms with Crippen LogP contribution in [0.25, 0.3) is 16.9 Å². The van der Waals surface area contributed by atoms with E-state index in [0.717, 1.165) is 17.0 Å². The summed E-state index contributed by atoms with van der Waals surface area (Å²) in [5.74, 6) is 1.05. The van der Waals surface area contributed by atoms with Gasteiger partial charge in [0.1, 0.15) is 22.9 Å². The second-order valence-electron chi connectivity index (χ2n) is 5.93. The molecule has 2 heterocycles. The first-order valence-corrected chi connectivity index (χ1v) is 8.72. The molecule has 2 aromatic heterocycles. The van der Waals surface area contributed by atoms with E-state index >= 15 is 0 Å². The highest BCUT2D eigenvalue weighted by Crippen LogP contribution is 2.31. The van der Waals surface area contributed by atoms with Crippen LogP contribution >= 0.6 is 11.6 Å². The molecule has 0 radical (unpaired) electrons. The van der Waals surface area contributed by atoms with Crippen LogP contribution in [0.2, 0.25) is 5.02 Å². The van der Waals surface area contributed by atoms with Crippen LogP contribution in [0.4, 0.5) is 5.82 Å². The Kier molecular flexibility index (Phi) is 4.52. The van der Waals surface area contributed by atoms with Gasteiger partial charge in [0, 0.05) is 22.3 Å². The van der Waals surface area contributed by atoms with Crippen molar-refractivity contribution in [2.24, 2.45) is 0 Å². The number of ether oxygens (including phenoxy) is 1. The van der Waals surface area contributed by atoms with Gasteiger partial charge in [-0.15, -0.1) is 0 Å². The fourth-order valence-electron chi connectivity index (χ4n) is 2.90. The number of pyridine rings is 1. The number of anilines is 1. The van der Waals surface area contributed by atoms with Crippen LogP contribution in [-0.4, -0.2) is 22.4 Å². The lowest BCUT2D eigenvalue weighted by Crippen LogP contribution is -2.14. The maximum atomic E-state index is 12.8. The zero-order valence-corrected chi connectivity index (χ0v) is 15.3. The molecule has 4 rings (SSSR count). The van der Waals surface area contributed by atoms with Crippen molar-refractivity contribution in [3.05, 3.63) is 83.5 Å². The van der Waals surface area contributed by atoms with Gasteiger partial charge >= 0.3 is 0 Å². The average molecular weight is 378 g/mol. The number of fused-ring (bicyclic) bond motifs is 1. The summed E-state index contributed by atoms with van der Waals surface area (Å²) in [6, 6.07) is 20.1. The fourth-order valence-corrected chi connectivity index (χ4v) is 3.09. The molecule has 0 saturated carbocycles. The molecule has 0 unspecified atom stereocenters.